The second-order valence-electron chi connectivity index (χ2n) is 4.72. The zero-order valence-electron chi connectivity index (χ0n) is 11.2. The molecule has 0 amide bonds. The molecule has 0 unspecified atom stereocenters. The van der Waals surface area contributed by atoms with E-state index >= 15 is 0 Å². The average molecular weight is 268 g/mol. The lowest BCUT2D eigenvalue weighted by Gasteiger charge is -2.20. The Morgan fingerprint density at radius 3 is 2.59 bits per heavy atom. The van der Waals surface area contributed by atoms with Crippen LogP contribution >= 0.6 is 23.5 Å². The van der Waals surface area contributed by atoms with Crippen LogP contribution in [0.15, 0.2) is 27.7 Å². The summed E-state index contributed by atoms with van der Waals surface area (Å²) in [6.07, 6.45) is 7.15. The fraction of sp³-hybridized carbons (Fsp3) is 0.538. The van der Waals surface area contributed by atoms with Gasteiger partial charge in [-0.1, -0.05) is 57.3 Å². The van der Waals surface area contributed by atoms with Crippen molar-refractivity contribution in [2.24, 2.45) is 0 Å². The molecule has 94 valence electrons. The number of hydrogen-bond donors (Lipinski definition) is 0. The topological polar surface area (TPSA) is 25.8 Å². The molecule has 0 spiro atoms. The Morgan fingerprint density at radius 1 is 1.35 bits per heavy atom. The van der Waals surface area contributed by atoms with Crippen LogP contribution in [0, 0.1) is 0 Å². The van der Waals surface area contributed by atoms with E-state index in [0.29, 0.717) is 0 Å². The van der Waals surface area contributed by atoms with Crippen LogP contribution in [0.5, 0.6) is 0 Å². The van der Waals surface area contributed by atoms with Gasteiger partial charge in [-0.05, 0) is 18.1 Å². The molecule has 0 bridgehead atoms. The monoisotopic (exact) mass is 268 g/mol. The summed E-state index contributed by atoms with van der Waals surface area (Å²) in [4.78, 5) is 10.1. The molecular weight excluding hydrogens is 248 g/mol. The van der Waals surface area contributed by atoms with Crippen molar-refractivity contribution in [2.75, 3.05) is 6.26 Å². The number of hydrogen-bond acceptors (Lipinski definition) is 4. The largest absolute Gasteiger partial charge is 0.230 e. The highest BCUT2D eigenvalue weighted by Gasteiger charge is 2.20. The van der Waals surface area contributed by atoms with Crippen LogP contribution < -0.4 is 0 Å². The number of thioether (sulfide) groups is 2. The first-order chi connectivity index (χ1) is 7.99. The summed E-state index contributed by atoms with van der Waals surface area (Å²) >= 11 is 3.29. The smallest absolute Gasteiger partial charge is 0.187 e. The van der Waals surface area contributed by atoms with Crippen molar-refractivity contribution in [3.8, 4) is 0 Å². The highest BCUT2D eigenvalue weighted by Crippen LogP contribution is 2.32. The van der Waals surface area contributed by atoms with Gasteiger partial charge in [0.1, 0.15) is 0 Å². The van der Waals surface area contributed by atoms with Crippen LogP contribution in [-0.2, 0) is 5.41 Å². The van der Waals surface area contributed by atoms with Crippen LogP contribution in [0.25, 0.3) is 0 Å². The second-order valence-corrected chi connectivity index (χ2v) is 6.44. The van der Waals surface area contributed by atoms with Crippen LogP contribution in [-0.4, -0.2) is 16.2 Å². The lowest BCUT2D eigenvalue weighted by Crippen LogP contribution is -2.15. The van der Waals surface area contributed by atoms with Crippen LogP contribution in [0.4, 0.5) is 0 Å². The van der Waals surface area contributed by atoms with Gasteiger partial charge in [0.2, 0.25) is 0 Å². The summed E-state index contributed by atoms with van der Waals surface area (Å²) in [5.41, 5.74) is 1.18. The van der Waals surface area contributed by atoms with Crippen LogP contribution in [0.1, 0.15) is 39.8 Å². The molecule has 0 aliphatic heterocycles. The maximum atomic E-state index is 4.64. The second kappa shape index (κ2) is 6.45. The van der Waals surface area contributed by atoms with Gasteiger partial charge in [0.25, 0.3) is 0 Å². The molecular formula is C13H20N2S2. The van der Waals surface area contributed by atoms with E-state index in [1.165, 1.54) is 0 Å². The molecule has 0 aliphatic carbocycles. The summed E-state index contributed by atoms with van der Waals surface area (Å²) in [5, 5.41) is 2.96. The Hall–Kier alpha value is -0.480. The van der Waals surface area contributed by atoms with Crippen molar-refractivity contribution >= 4 is 23.5 Å². The predicted molar refractivity (Wildman–Crippen MR) is 77.8 cm³/mol. The zero-order valence-corrected chi connectivity index (χ0v) is 12.8. The summed E-state index contributed by atoms with van der Waals surface area (Å²) in [6.45, 7) is 8.70. The van der Waals surface area contributed by atoms with Crippen molar-refractivity contribution < 1.29 is 0 Å². The molecule has 0 aromatic carbocycles. The summed E-state index contributed by atoms with van der Waals surface area (Å²) in [6, 6.07) is 0. The third kappa shape index (κ3) is 4.36. The fourth-order valence-electron chi connectivity index (χ4n) is 1.29. The molecule has 0 atom stereocenters. The Morgan fingerprint density at radius 2 is 2.06 bits per heavy atom. The standard InChI is InChI=1S/C13H20N2S2/c1-6-7-8-17-10-9-14-12(16-5)15-11(10)13(2,3)4/h7-9H,6H2,1-5H3/b8-7-. The lowest BCUT2D eigenvalue weighted by atomic mass is 9.92. The Kier molecular flexibility index (Phi) is 5.53. The van der Waals surface area contributed by atoms with Gasteiger partial charge in [-0.15, -0.1) is 0 Å². The quantitative estimate of drug-likeness (QED) is 0.592. The van der Waals surface area contributed by atoms with Crippen molar-refractivity contribution in [2.45, 2.75) is 49.6 Å². The minimum atomic E-state index is 0.0514. The van der Waals surface area contributed by atoms with E-state index < -0.39 is 0 Å². The molecule has 0 saturated carbocycles. The highest BCUT2D eigenvalue weighted by molar-refractivity contribution is 8.02. The van der Waals surface area contributed by atoms with E-state index in [1.54, 1.807) is 23.5 Å². The van der Waals surface area contributed by atoms with E-state index in [9.17, 15) is 0 Å². The fourth-order valence-corrected chi connectivity index (χ4v) is 2.65. The minimum Gasteiger partial charge on any atom is -0.230 e. The number of rotatable bonds is 4. The summed E-state index contributed by atoms with van der Waals surface area (Å²) < 4.78 is 0. The highest BCUT2D eigenvalue weighted by atomic mass is 32.2. The van der Waals surface area contributed by atoms with Gasteiger partial charge in [0, 0.05) is 11.6 Å². The molecule has 0 N–H and O–H groups in total. The van der Waals surface area contributed by atoms with E-state index in [1.807, 2.05) is 12.5 Å². The van der Waals surface area contributed by atoms with Gasteiger partial charge in [-0.25, -0.2) is 9.97 Å². The van der Waals surface area contributed by atoms with Crippen molar-refractivity contribution in [1.82, 2.24) is 9.97 Å². The molecule has 1 rings (SSSR count). The Balaban J connectivity index is 3.07. The van der Waals surface area contributed by atoms with Gasteiger partial charge >= 0.3 is 0 Å². The Labute approximate surface area is 113 Å². The zero-order chi connectivity index (χ0) is 12.9. The van der Waals surface area contributed by atoms with Gasteiger partial charge < -0.3 is 0 Å². The minimum absolute atomic E-state index is 0.0514. The SMILES string of the molecule is CC/C=C\Sc1cnc(SC)nc1C(C)(C)C. The average Bonchev–Trinajstić information content (AvgIpc) is 2.28. The molecule has 4 heteroatoms. The van der Waals surface area contributed by atoms with E-state index in [4.69, 9.17) is 0 Å². The van der Waals surface area contributed by atoms with Gasteiger partial charge in [0.05, 0.1) is 10.6 Å². The number of allylic oxidation sites excluding steroid dienone is 1. The summed E-state index contributed by atoms with van der Waals surface area (Å²) in [5.74, 6) is 0. The first-order valence-corrected chi connectivity index (χ1v) is 7.82. The molecule has 2 nitrogen and oxygen atoms in total. The first kappa shape index (κ1) is 14.6. The van der Waals surface area contributed by atoms with E-state index in [0.717, 1.165) is 22.2 Å². The third-order valence-corrected chi connectivity index (χ3v) is 3.60. The van der Waals surface area contributed by atoms with E-state index in [2.05, 4.69) is 49.1 Å². The van der Waals surface area contributed by atoms with Gasteiger partial charge in [-0.3, -0.25) is 0 Å². The molecule has 0 saturated heterocycles. The molecule has 17 heavy (non-hydrogen) atoms. The van der Waals surface area contributed by atoms with Gasteiger partial charge in [0.15, 0.2) is 5.16 Å². The van der Waals surface area contributed by atoms with Crippen LogP contribution in [0.3, 0.4) is 0 Å². The van der Waals surface area contributed by atoms with E-state index in [-0.39, 0.29) is 5.41 Å². The molecule has 1 aromatic rings. The van der Waals surface area contributed by atoms with Crippen molar-refractivity contribution in [3.63, 3.8) is 0 Å². The molecule has 0 fully saturated rings. The predicted octanol–water partition coefficient (Wildman–Crippen LogP) is 4.51. The molecule has 0 aliphatic rings. The maximum Gasteiger partial charge on any atom is 0.187 e. The van der Waals surface area contributed by atoms with Gasteiger partial charge in [-0.2, -0.15) is 0 Å². The molecule has 0 radical (unpaired) electrons. The lowest BCUT2D eigenvalue weighted by molar-refractivity contribution is 0.542. The number of aromatic nitrogens is 2. The summed E-state index contributed by atoms with van der Waals surface area (Å²) in [7, 11) is 0. The normalized spacial score (nSPS) is 12.3. The van der Waals surface area contributed by atoms with Crippen molar-refractivity contribution in [1.29, 1.82) is 0 Å². The molecule has 1 heterocycles. The van der Waals surface area contributed by atoms with Crippen molar-refractivity contribution in [3.05, 3.63) is 23.4 Å². The third-order valence-electron chi connectivity index (χ3n) is 2.15. The van der Waals surface area contributed by atoms with Crippen LogP contribution in [0.2, 0.25) is 0 Å². The number of nitrogens with zero attached hydrogens (tertiary/aromatic N) is 2. The molecule has 1 aromatic heterocycles. The Bertz CT molecular complexity index is 395. The first-order valence-electron chi connectivity index (χ1n) is 5.72. The maximum absolute atomic E-state index is 4.64.